The van der Waals surface area contributed by atoms with Gasteiger partial charge in [0.25, 0.3) is 0 Å². The highest BCUT2D eigenvalue weighted by Gasteiger charge is 2.25. The van der Waals surface area contributed by atoms with Crippen molar-refractivity contribution in [2.45, 2.75) is 32.2 Å². The molecule has 0 radical (unpaired) electrons. The van der Waals surface area contributed by atoms with Crippen molar-refractivity contribution in [3.63, 3.8) is 0 Å². The molecule has 1 aromatic rings. The van der Waals surface area contributed by atoms with Crippen LogP contribution in [0.3, 0.4) is 0 Å². The fourth-order valence-electron chi connectivity index (χ4n) is 1.81. The molecule has 1 N–H and O–H groups in total. The van der Waals surface area contributed by atoms with Gasteiger partial charge in [-0.05, 0) is 32.3 Å². The van der Waals surface area contributed by atoms with Crippen molar-refractivity contribution in [1.82, 2.24) is 4.57 Å². The summed E-state index contributed by atoms with van der Waals surface area (Å²) in [5.74, 6) is -1.05. The van der Waals surface area contributed by atoms with E-state index in [4.69, 9.17) is 5.11 Å². The summed E-state index contributed by atoms with van der Waals surface area (Å²) in [7, 11) is 0. The fraction of sp³-hybridized carbons (Fsp3) is 0.455. The van der Waals surface area contributed by atoms with Gasteiger partial charge in [-0.15, -0.1) is 0 Å². The molecule has 0 aromatic carbocycles. The van der Waals surface area contributed by atoms with E-state index in [-0.39, 0.29) is 17.5 Å². The molecule has 1 aliphatic carbocycles. The Hall–Kier alpha value is -1.58. The maximum atomic E-state index is 11.2. The Bertz CT molecular complexity index is 415. The Morgan fingerprint density at radius 2 is 2.13 bits per heavy atom. The molecule has 4 nitrogen and oxygen atoms in total. The summed E-state index contributed by atoms with van der Waals surface area (Å²) >= 11 is 0. The number of rotatable bonds is 3. The molecular formula is C11H13NO3. The van der Waals surface area contributed by atoms with Gasteiger partial charge in [0.05, 0.1) is 0 Å². The van der Waals surface area contributed by atoms with E-state index >= 15 is 0 Å². The highest BCUT2D eigenvalue weighted by Crippen LogP contribution is 2.33. The van der Waals surface area contributed by atoms with Crippen LogP contribution in [0.5, 0.6) is 0 Å². The van der Waals surface area contributed by atoms with Crippen molar-refractivity contribution < 1.29 is 14.7 Å². The van der Waals surface area contributed by atoms with Gasteiger partial charge in [0.1, 0.15) is 5.69 Å². The summed E-state index contributed by atoms with van der Waals surface area (Å²) in [6.45, 7) is 1.45. The molecule has 1 heterocycles. The summed E-state index contributed by atoms with van der Waals surface area (Å²) in [6, 6.07) is 1.73. The molecule has 0 aliphatic heterocycles. The van der Waals surface area contributed by atoms with Crippen LogP contribution in [-0.4, -0.2) is 21.4 Å². The first-order valence-corrected chi connectivity index (χ1v) is 5.05. The minimum absolute atomic E-state index is 0.0874. The molecule has 1 aliphatic rings. The zero-order chi connectivity index (χ0) is 11.0. The monoisotopic (exact) mass is 207 g/mol. The summed E-state index contributed by atoms with van der Waals surface area (Å²) in [5, 5.41) is 9.00. The van der Waals surface area contributed by atoms with Gasteiger partial charge in [-0.2, -0.15) is 0 Å². The van der Waals surface area contributed by atoms with E-state index in [0.29, 0.717) is 5.56 Å². The number of carboxylic acid groups (broad SMARTS) is 1. The van der Waals surface area contributed by atoms with Gasteiger partial charge in [0.2, 0.25) is 0 Å². The van der Waals surface area contributed by atoms with Crippen molar-refractivity contribution >= 4 is 11.8 Å². The maximum Gasteiger partial charge on any atom is 0.352 e. The van der Waals surface area contributed by atoms with E-state index in [2.05, 4.69) is 0 Å². The third kappa shape index (κ3) is 1.67. The average molecular weight is 207 g/mol. The molecule has 15 heavy (non-hydrogen) atoms. The number of hydrogen-bond acceptors (Lipinski definition) is 2. The Labute approximate surface area is 87.5 Å². The molecule has 1 fully saturated rings. The molecule has 1 saturated carbocycles. The van der Waals surface area contributed by atoms with Crippen LogP contribution in [0.2, 0.25) is 0 Å². The van der Waals surface area contributed by atoms with Crippen LogP contribution < -0.4 is 0 Å². The van der Waals surface area contributed by atoms with Gasteiger partial charge in [-0.3, -0.25) is 4.79 Å². The molecule has 0 unspecified atom stereocenters. The Morgan fingerprint density at radius 1 is 1.47 bits per heavy atom. The second-order valence-corrected chi connectivity index (χ2v) is 3.97. The molecule has 2 rings (SSSR count). The standard InChI is InChI=1S/C11H13NO3/c1-7(13)8-5-10(11(14)15)12(6-8)9-3-2-4-9/h5-6,9H,2-4H2,1H3,(H,14,15). The fourth-order valence-corrected chi connectivity index (χ4v) is 1.81. The molecule has 0 saturated heterocycles. The summed E-state index contributed by atoms with van der Waals surface area (Å²) < 4.78 is 1.72. The largest absolute Gasteiger partial charge is 0.477 e. The molecule has 0 bridgehead atoms. The van der Waals surface area contributed by atoms with Crippen LogP contribution in [0.1, 0.15) is 53.1 Å². The van der Waals surface area contributed by atoms with Crippen molar-refractivity contribution in [3.05, 3.63) is 23.5 Å². The van der Waals surface area contributed by atoms with E-state index in [1.54, 1.807) is 10.8 Å². The molecule has 0 spiro atoms. The quantitative estimate of drug-likeness (QED) is 0.772. The van der Waals surface area contributed by atoms with Crippen LogP contribution >= 0.6 is 0 Å². The normalized spacial score (nSPS) is 16.1. The van der Waals surface area contributed by atoms with E-state index in [9.17, 15) is 9.59 Å². The Kier molecular flexibility index (Phi) is 2.34. The van der Waals surface area contributed by atoms with Gasteiger partial charge in [0.15, 0.2) is 5.78 Å². The number of hydrogen-bond donors (Lipinski definition) is 1. The second-order valence-electron chi connectivity index (χ2n) is 3.97. The zero-order valence-electron chi connectivity index (χ0n) is 8.56. The molecular weight excluding hydrogens is 194 g/mol. The number of aromatic nitrogens is 1. The summed E-state index contributed by atoms with van der Waals surface area (Å²) in [6.07, 6.45) is 4.81. The lowest BCUT2D eigenvalue weighted by Crippen LogP contribution is -2.20. The third-order valence-electron chi connectivity index (χ3n) is 2.94. The first-order chi connectivity index (χ1) is 7.09. The lowest BCUT2D eigenvalue weighted by molar-refractivity contribution is 0.0678. The first kappa shape index (κ1) is 9.96. The van der Waals surface area contributed by atoms with Gasteiger partial charge >= 0.3 is 5.97 Å². The van der Waals surface area contributed by atoms with Gasteiger partial charge in [-0.1, -0.05) is 0 Å². The van der Waals surface area contributed by atoms with Crippen LogP contribution in [0.15, 0.2) is 12.3 Å². The Morgan fingerprint density at radius 3 is 2.53 bits per heavy atom. The predicted octanol–water partition coefficient (Wildman–Crippen LogP) is 2.11. The zero-order valence-corrected chi connectivity index (χ0v) is 8.56. The number of nitrogens with zero attached hydrogens (tertiary/aromatic N) is 1. The minimum atomic E-state index is -0.964. The van der Waals surface area contributed by atoms with Crippen LogP contribution in [0.25, 0.3) is 0 Å². The van der Waals surface area contributed by atoms with Gasteiger partial charge < -0.3 is 9.67 Å². The highest BCUT2D eigenvalue weighted by atomic mass is 16.4. The van der Waals surface area contributed by atoms with E-state index < -0.39 is 5.97 Å². The van der Waals surface area contributed by atoms with Crippen LogP contribution in [0.4, 0.5) is 0 Å². The van der Waals surface area contributed by atoms with Crippen molar-refractivity contribution in [2.24, 2.45) is 0 Å². The van der Waals surface area contributed by atoms with Gasteiger partial charge in [-0.25, -0.2) is 4.79 Å². The molecule has 80 valence electrons. The van der Waals surface area contributed by atoms with Crippen molar-refractivity contribution in [3.8, 4) is 0 Å². The molecule has 0 atom stereocenters. The number of ketones is 1. The summed E-state index contributed by atoms with van der Waals surface area (Å²) in [5.41, 5.74) is 0.712. The van der Waals surface area contributed by atoms with Crippen LogP contribution in [0, 0.1) is 0 Å². The topological polar surface area (TPSA) is 59.3 Å². The number of aromatic carboxylic acids is 1. The van der Waals surface area contributed by atoms with Gasteiger partial charge in [0, 0.05) is 17.8 Å². The third-order valence-corrected chi connectivity index (χ3v) is 2.94. The predicted molar refractivity (Wildman–Crippen MR) is 54.3 cm³/mol. The smallest absolute Gasteiger partial charge is 0.352 e. The minimum Gasteiger partial charge on any atom is -0.477 e. The van der Waals surface area contributed by atoms with E-state index in [0.717, 1.165) is 19.3 Å². The second kappa shape index (κ2) is 3.53. The number of carbonyl (C=O) groups is 2. The number of Topliss-reactive ketones (excluding diaryl/α,β-unsaturated/α-hetero) is 1. The molecule has 1 aromatic heterocycles. The number of carbonyl (C=O) groups excluding carboxylic acids is 1. The Balaban J connectivity index is 2.41. The highest BCUT2D eigenvalue weighted by molar-refractivity contribution is 5.97. The first-order valence-electron chi connectivity index (χ1n) is 5.05. The van der Waals surface area contributed by atoms with E-state index in [1.807, 2.05) is 0 Å². The lowest BCUT2D eigenvalue weighted by Gasteiger charge is -2.28. The SMILES string of the molecule is CC(=O)c1cc(C(=O)O)n(C2CCC2)c1. The van der Waals surface area contributed by atoms with Crippen molar-refractivity contribution in [1.29, 1.82) is 0 Å². The molecule has 4 heteroatoms. The van der Waals surface area contributed by atoms with Crippen LogP contribution in [-0.2, 0) is 0 Å². The van der Waals surface area contributed by atoms with Crippen molar-refractivity contribution in [2.75, 3.05) is 0 Å². The lowest BCUT2D eigenvalue weighted by atomic mass is 9.93. The van der Waals surface area contributed by atoms with E-state index in [1.165, 1.54) is 13.0 Å². The average Bonchev–Trinajstić information content (AvgIpc) is 2.45. The maximum absolute atomic E-state index is 11.2. The summed E-state index contributed by atoms with van der Waals surface area (Å²) in [4.78, 5) is 22.1. The number of carboxylic acids is 1. The molecule has 0 amide bonds.